The van der Waals surface area contributed by atoms with Crippen molar-refractivity contribution in [2.24, 2.45) is 0 Å². The fourth-order valence-electron chi connectivity index (χ4n) is 4.27. The second kappa shape index (κ2) is 7.53. The van der Waals surface area contributed by atoms with Crippen LogP contribution in [0.4, 0.5) is 0 Å². The molecule has 0 aliphatic heterocycles. The first-order valence-electron chi connectivity index (χ1n) is 9.84. The fourth-order valence-corrected chi connectivity index (χ4v) is 4.27. The maximum Gasteiger partial charge on any atom is 0.230 e. The molecule has 1 amide bonds. The lowest BCUT2D eigenvalue weighted by molar-refractivity contribution is -0.131. The summed E-state index contributed by atoms with van der Waals surface area (Å²) in [5.41, 5.74) is 0.878. The van der Waals surface area contributed by atoms with E-state index in [1.165, 1.54) is 5.56 Å². The molecule has 2 aliphatic rings. The molecule has 0 heterocycles. The van der Waals surface area contributed by atoms with Crippen LogP contribution in [-0.2, 0) is 10.2 Å². The molecule has 136 valence electrons. The Morgan fingerprint density at radius 2 is 1.50 bits per heavy atom. The molecule has 1 N–H and O–H groups in total. The summed E-state index contributed by atoms with van der Waals surface area (Å²) >= 11 is 0. The van der Waals surface area contributed by atoms with Gasteiger partial charge < -0.3 is 10.1 Å². The third-order valence-corrected chi connectivity index (χ3v) is 6.02. The number of hydrogen-bond acceptors (Lipinski definition) is 2. The van der Waals surface area contributed by atoms with Crippen molar-refractivity contribution in [1.82, 2.24) is 5.32 Å². The summed E-state index contributed by atoms with van der Waals surface area (Å²) in [4.78, 5) is 13.0. The lowest BCUT2D eigenvalue weighted by Crippen LogP contribution is -2.52. The Morgan fingerprint density at radius 1 is 0.885 bits per heavy atom. The number of carbonyl (C=O) groups excluding carboxylic acids is 1. The average molecular weight is 349 g/mol. The van der Waals surface area contributed by atoms with E-state index in [0.717, 1.165) is 50.7 Å². The number of nitrogens with one attached hydrogen (secondary N) is 1. The van der Waals surface area contributed by atoms with Gasteiger partial charge in [-0.15, -0.1) is 0 Å². The number of ether oxygens (including phenoxy) is 1. The van der Waals surface area contributed by atoms with E-state index in [1.807, 2.05) is 48.5 Å². The molecule has 3 nitrogen and oxygen atoms in total. The van der Waals surface area contributed by atoms with Gasteiger partial charge in [-0.25, -0.2) is 0 Å². The Labute approximate surface area is 155 Å². The van der Waals surface area contributed by atoms with Gasteiger partial charge in [-0.2, -0.15) is 0 Å². The van der Waals surface area contributed by atoms with E-state index in [0.29, 0.717) is 0 Å². The Bertz CT molecular complexity index is 716. The first-order chi connectivity index (χ1) is 12.8. The highest BCUT2D eigenvalue weighted by Crippen LogP contribution is 2.44. The van der Waals surface area contributed by atoms with Gasteiger partial charge in [0.05, 0.1) is 11.5 Å². The summed E-state index contributed by atoms with van der Waals surface area (Å²) in [6, 6.07) is 20.6. The van der Waals surface area contributed by atoms with Crippen molar-refractivity contribution in [1.29, 1.82) is 0 Å². The zero-order valence-electron chi connectivity index (χ0n) is 15.2. The van der Waals surface area contributed by atoms with Crippen LogP contribution in [0.3, 0.4) is 0 Å². The molecule has 3 heteroatoms. The van der Waals surface area contributed by atoms with Crippen LogP contribution in [0.25, 0.3) is 0 Å². The van der Waals surface area contributed by atoms with Gasteiger partial charge in [0.2, 0.25) is 5.91 Å². The van der Waals surface area contributed by atoms with Crippen molar-refractivity contribution in [2.75, 3.05) is 0 Å². The Balaban J connectivity index is 1.32. The third kappa shape index (κ3) is 3.48. The molecule has 0 saturated heterocycles. The van der Waals surface area contributed by atoms with Gasteiger partial charge in [0.1, 0.15) is 5.75 Å². The second-order valence-corrected chi connectivity index (χ2v) is 7.68. The van der Waals surface area contributed by atoms with Gasteiger partial charge in [0.15, 0.2) is 0 Å². The van der Waals surface area contributed by atoms with Crippen LogP contribution < -0.4 is 10.1 Å². The number of amides is 1. The Hall–Kier alpha value is -2.29. The predicted octanol–water partition coefficient (Wildman–Crippen LogP) is 4.61. The normalized spacial score (nSPS) is 24.3. The lowest BCUT2D eigenvalue weighted by Gasteiger charge is -2.42. The van der Waals surface area contributed by atoms with Crippen LogP contribution in [0.2, 0.25) is 0 Å². The van der Waals surface area contributed by atoms with Crippen LogP contribution in [0.15, 0.2) is 60.7 Å². The van der Waals surface area contributed by atoms with Crippen molar-refractivity contribution in [3.8, 4) is 5.75 Å². The summed E-state index contributed by atoms with van der Waals surface area (Å²) in [7, 11) is 0. The lowest BCUT2D eigenvalue weighted by atomic mass is 9.63. The maximum absolute atomic E-state index is 13.0. The van der Waals surface area contributed by atoms with E-state index in [1.54, 1.807) is 0 Å². The van der Waals surface area contributed by atoms with E-state index in [-0.39, 0.29) is 23.5 Å². The third-order valence-electron chi connectivity index (χ3n) is 6.02. The monoisotopic (exact) mass is 349 g/mol. The van der Waals surface area contributed by atoms with Gasteiger partial charge in [-0.05, 0) is 56.2 Å². The highest BCUT2D eigenvalue weighted by molar-refractivity contribution is 5.89. The van der Waals surface area contributed by atoms with Crippen molar-refractivity contribution in [3.63, 3.8) is 0 Å². The summed E-state index contributed by atoms with van der Waals surface area (Å²) in [6.45, 7) is 0. The van der Waals surface area contributed by atoms with Gasteiger partial charge in [0, 0.05) is 6.04 Å². The van der Waals surface area contributed by atoms with Gasteiger partial charge in [0.25, 0.3) is 0 Å². The molecule has 26 heavy (non-hydrogen) atoms. The molecular formula is C23H27NO2. The number of para-hydroxylation sites is 1. The topological polar surface area (TPSA) is 38.3 Å². The molecule has 0 aromatic heterocycles. The quantitative estimate of drug-likeness (QED) is 0.856. The molecular weight excluding hydrogens is 322 g/mol. The molecule has 2 aliphatic carbocycles. The smallest absolute Gasteiger partial charge is 0.230 e. The van der Waals surface area contributed by atoms with E-state index in [2.05, 4.69) is 17.4 Å². The van der Waals surface area contributed by atoms with Gasteiger partial charge in [-0.3, -0.25) is 4.79 Å². The summed E-state index contributed by atoms with van der Waals surface area (Å²) in [6.07, 6.45) is 7.32. The fraction of sp³-hybridized carbons (Fsp3) is 0.435. The molecule has 0 bridgehead atoms. The summed E-state index contributed by atoms with van der Waals surface area (Å²) in [5.74, 6) is 1.17. The highest BCUT2D eigenvalue weighted by Gasteiger charge is 2.46. The van der Waals surface area contributed by atoms with Crippen LogP contribution in [0.1, 0.15) is 50.5 Å². The van der Waals surface area contributed by atoms with Crippen molar-refractivity contribution in [3.05, 3.63) is 66.2 Å². The molecule has 0 radical (unpaired) electrons. The number of benzene rings is 2. The molecule has 4 rings (SSSR count). The Kier molecular flexibility index (Phi) is 4.96. The average Bonchev–Trinajstić information content (AvgIpc) is 2.64. The summed E-state index contributed by atoms with van der Waals surface area (Å²) < 4.78 is 6.06. The zero-order valence-corrected chi connectivity index (χ0v) is 15.2. The van der Waals surface area contributed by atoms with Crippen molar-refractivity contribution in [2.45, 2.75) is 62.5 Å². The van der Waals surface area contributed by atoms with E-state index in [9.17, 15) is 4.79 Å². The van der Waals surface area contributed by atoms with E-state index < -0.39 is 0 Å². The van der Waals surface area contributed by atoms with Crippen LogP contribution >= 0.6 is 0 Å². The Morgan fingerprint density at radius 3 is 2.08 bits per heavy atom. The largest absolute Gasteiger partial charge is 0.490 e. The number of carbonyl (C=O) groups is 1. The number of hydrogen-bond donors (Lipinski definition) is 1. The van der Waals surface area contributed by atoms with E-state index >= 15 is 0 Å². The van der Waals surface area contributed by atoms with Crippen LogP contribution in [0, 0.1) is 0 Å². The minimum absolute atomic E-state index is 0.224. The second-order valence-electron chi connectivity index (χ2n) is 7.68. The zero-order chi connectivity index (χ0) is 17.8. The predicted molar refractivity (Wildman–Crippen MR) is 103 cm³/mol. The molecule has 2 fully saturated rings. The highest BCUT2D eigenvalue weighted by atomic mass is 16.5. The standard InChI is InChI=1S/C23H27NO2/c25-22(23(16-7-17-23)18-8-3-1-4-9-18)24-19-12-14-21(15-13-19)26-20-10-5-2-6-11-20/h1-6,8-11,19,21H,7,12-17H2,(H,24,25). The van der Waals surface area contributed by atoms with Crippen molar-refractivity contribution >= 4 is 5.91 Å². The van der Waals surface area contributed by atoms with Crippen LogP contribution in [-0.4, -0.2) is 18.1 Å². The van der Waals surface area contributed by atoms with Gasteiger partial charge in [-0.1, -0.05) is 55.0 Å². The van der Waals surface area contributed by atoms with Crippen LogP contribution in [0.5, 0.6) is 5.75 Å². The molecule has 2 saturated carbocycles. The maximum atomic E-state index is 13.0. The summed E-state index contributed by atoms with van der Waals surface area (Å²) in [5, 5.41) is 3.35. The minimum Gasteiger partial charge on any atom is -0.490 e. The van der Waals surface area contributed by atoms with Crippen molar-refractivity contribution < 1.29 is 9.53 Å². The molecule has 2 aromatic rings. The van der Waals surface area contributed by atoms with E-state index in [4.69, 9.17) is 4.74 Å². The minimum atomic E-state index is -0.293. The molecule has 0 unspecified atom stereocenters. The van der Waals surface area contributed by atoms with Gasteiger partial charge >= 0.3 is 0 Å². The first-order valence-corrected chi connectivity index (χ1v) is 9.84. The number of rotatable bonds is 5. The molecule has 0 spiro atoms. The SMILES string of the molecule is O=C(NC1CCC(Oc2ccccc2)CC1)C1(c2ccccc2)CCC1. The molecule has 0 atom stereocenters. The first kappa shape index (κ1) is 17.1. The molecule has 2 aromatic carbocycles.